The van der Waals surface area contributed by atoms with Crippen LogP contribution in [0.4, 0.5) is 0 Å². The third-order valence-corrected chi connectivity index (χ3v) is 6.62. The second kappa shape index (κ2) is 9.30. The third-order valence-electron chi connectivity index (χ3n) is 3.46. The minimum atomic E-state index is 0.259. The highest BCUT2D eigenvalue weighted by atomic mass is 35.5. The summed E-state index contributed by atoms with van der Waals surface area (Å²) in [7, 11) is 1.71. The highest BCUT2D eigenvalue weighted by Gasteiger charge is 2.30. The molecule has 0 bridgehead atoms. The lowest BCUT2D eigenvalue weighted by atomic mass is 10.1. The van der Waals surface area contributed by atoms with E-state index in [0.29, 0.717) is 11.9 Å². The van der Waals surface area contributed by atoms with Gasteiger partial charge in [-0.25, -0.2) is 0 Å². The Kier molecular flexibility index (Phi) is 7.74. The molecule has 4 nitrogen and oxygen atoms in total. The second-order valence-corrected chi connectivity index (χ2v) is 7.91. The van der Waals surface area contributed by atoms with Crippen molar-refractivity contribution in [3.05, 3.63) is 16.9 Å². The average Bonchev–Trinajstić information content (AvgIpc) is 2.88. The van der Waals surface area contributed by atoms with Gasteiger partial charge in [0.25, 0.3) is 0 Å². The van der Waals surface area contributed by atoms with Crippen molar-refractivity contribution < 1.29 is 4.74 Å². The zero-order chi connectivity index (χ0) is 15.1. The summed E-state index contributed by atoms with van der Waals surface area (Å²) in [5.41, 5.74) is 1.11. The van der Waals surface area contributed by atoms with Crippen molar-refractivity contribution in [1.82, 2.24) is 15.1 Å². The highest BCUT2D eigenvalue weighted by Crippen LogP contribution is 2.36. The molecule has 0 radical (unpaired) electrons. The smallest absolute Gasteiger partial charge is 0.0834 e. The maximum atomic E-state index is 6.44. The quantitative estimate of drug-likeness (QED) is 0.780. The summed E-state index contributed by atoms with van der Waals surface area (Å²) in [5, 5.41) is 9.41. The molecule has 1 aliphatic heterocycles. The molecule has 1 fully saturated rings. The van der Waals surface area contributed by atoms with Crippen LogP contribution in [0.5, 0.6) is 0 Å². The second-order valence-electron chi connectivity index (χ2n) is 5.01. The molecule has 1 aromatic rings. The molecule has 2 atom stereocenters. The standard InChI is InChI=1S/C14H24ClN3OS2/c1-3-4-16-13(12-10-20-7-8-21-12)14-11(15)9-17-18(14)5-6-19-2/h9,12-13,16H,3-8,10H2,1-2H3. The lowest BCUT2D eigenvalue weighted by Crippen LogP contribution is -2.36. The van der Waals surface area contributed by atoms with E-state index in [1.807, 2.05) is 28.2 Å². The van der Waals surface area contributed by atoms with Crippen molar-refractivity contribution in [2.75, 3.05) is 37.5 Å². The topological polar surface area (TPSA) is 39.1 Å². The minimum absolute atomic E-state index is 0.259. The maximum absolute atomic E-state index is 6.44. The molecule has 2 rings (SSSR count). The van der Waals surface area contributed by atoms with Crippen molar-refractivity contribution in [3.63, 3.8) is 0 Å². The Morgan fingerprint density at radius 3 is 3.10 bits per heavy atom. The summed E-state index contributed by atoms with van der Waals surface area (Å²) in [5.74, 6) is 3.62. The number of thioether (sulfide) groups is 2. The number of nitrogens with zero attached hydrogens (tertiary/aromatic N) is 2. The Labute approximate surface area is 140 Å². The lowest BCUT2D eigenvalue weighted by Gasteiger charge is -2.31. The molecule has 1 aliphatic rings. The van der Waals surface area contributed by atoms with Gasteiger partial charge in [-0.2, -0.15) is 28.6 Å². The molecule has 0 aromatic carbocycles. The van der Waals surface area contributed by atoms with Crippen molar-refractivity contribution in [2.45, 2.75) is 31.2 Å². The van der Waals surface area contributed by atoms with Crippen LogP contribution in [-0.2, 0) is 11.3 Å². The Morgan fingerprint density at radius 1 is 1.57 bits per heavy atom. The molecule has 1 saturated heterocycles. The molecule has 0 amide bonds. The summed E-state index contributed by atoms with van der Waals surface area (Å²) in [4.78, 5) is 0. The summed E-state index contributed by atoms with van der Waals surface area (Å²) >= 11 is 10.5. The monoisotopic (exact) mass is 349 g/mol. The molecule has 2 heterocycles. The number of aromatic nitrogens is 2. The van der Waals surface area contributed by atoms with Gasteiger partial charge in [0.15, 0.2) is 0 Å². The molecular formula is C14H24ClN3OS2. The summed E-state index contributed by atoms with van der Waals surface area (Å²) < 4.78 is 7.18. The molecular weight excluding hydrogens is 326 g/mol. The van der Waals surface area contributed by atoms with Crippen LogP contribution in [0.25, 0.3) is 0 Å². The number of hydrogen-bond acceptors (Lipinski definition) is 5. The van der Waals surface area contributed by atoms with E-state index in [-0.39, 0.29) is 6.04 Å². The van der Waals surface area contributed by atoms with E-state index in [1.165, 1.54) is 11.5 Å². The Hall–Kier alpha value is 0.120. The fourth-order valence-corrected chi connectivity index (χ4v) is 5.54. The van der Waals surface area contributed by atoms with Gasteiger partial charge in [0, 0.05) is 29.6 Å². The Balaban J connectivity index is 2.19. The van der Waals surface area contributed by atoms with Crippen LogP contribution in [0, 0.1) is 0 Å². The predicted molar refractivity (Wildman–Crippen MR) is 93.7 cm³/mol. The molecule has 7 heteroatoms. The fraction of sp³-hybridized carbons (Fsp3) is 0.786. The average molecular weight is 350 g/mol. The first-order chi connectivity index (χ1) is 10.3. The third kappa shape index (κ3) is 4.79. The molecule has 0 spiro atoms. The van der Waals surface area contributed by atoms with Crippen LogP contribution in [0.3, 0.4) is 0 Å². The molecule has 1 N–H and O–H groups in total. The summed E-state index contributed by atoms with van der Waals surface area (Å²) in [6, 6.07) is 0.259. The molecule has 2 unspecified atom stereocenters. The van der Waals surface area contributed by atoms with Gasteiger partial charge in [-0.05, 0) is 13.0 Å². The van der Waals surface area contributed by atoms with E-state index in [1.54, 1.807) is 13.3 Å². The SMILES string of the molecule is CCCNC(c1c(Cl)cnn1CCOC)C1CSCCS1. The van der Waals surface area contributed by atoms with Crippen LogP contribution >= 0.6 is 35.1 Å². The molecule has 1 aromatic heterocycles. The van der Waals surface area contributed by atoms with Gasteiger partial charge in [-0.3, -0.25) is 4.68 Å². The zero-order valence-corrected chi connectivity index (χ0v) is 15.1. The van der Waals surface area contributed by atoms with Crippen LogP contribution in [0.2, 0.25) is 5.02 Å². The van der Waals surface area contributed by atoms with E-state index in [0.717, 1.165) is 36.0 Å². The summed E-state index contributed by atoms with van der Waals surface area (Å²) in [6.45, 7) is 4.58. The number of methoxy groups -OCH3 is 1. The number of ether oxygens (including phenoxy) is 1. The van der Waals surface area contributed by atoms with Gasteiger partial charge in [0.2, 0.25) is 0 Å². The van der Waals surface area contributed by atoms with E-state index >= 15 is 0 Å². The van der Waals surface area contributed by atoms with Crippen molar-refractivity contribution in [3.8, 4) is 0 Å². The van der Waals surface area contributed by atoms with E-state index in [4.69, 9.17) is 16.3 Å². The largest absolute Gasteiger partial charge is 0.383 e. The highest BCUT2D eigenvalue weighted by molar-refractivity contribution is 8.06. The van der Waals surface area contributed by atoms with Crippen LogP contribution in [0.1, 0.15) is 25.1 Å². The molecule has 120 valence electrons. The fourth-order valence-electron chi connectivity index (χ4n) is 2.44. The van der Waals surface area contributed by atoms with Gasteiger partial charge >= 0.3 is 0 Å². The lowest BCUT2D eigenvalue weighted by molar-refractivity contribution is 0.181. The number of halogens is 1. The maximum Gasteiger partial charge on any atom is 0.0834 e. The van der Waals surface area contributed by atoms with E-state index in [9.17, 15) is 0 Å². The van der Waals surface area contributed by atoms with Crippen molar-refractivity contribution in [1.29, 1.82) is 0 Å². The van der Waals surface area contributed by atoms with Gasteiger partial charge in [0.05, 0.1) is 36.1 Å². The van der Waals surface area contributed by atoms with E-state index < -0.39 is 0 Å². The Bertz CT molecular complexity index is 424. The number of rotatable bonds is 8. The van der Waals surface area contributed by atoms with Gasteiger partial charge in [-0.1, -0.05) is 18.5 Å². The molecule has 0 aliphatic carbocycles. The number of hydrogen-bond donors (Lipinski definition) is 1. The first-order valence-electron chi connectivity index (χ1n) is 7.40. The molecule has 21 heavy (non-hydrogen) atoms. The zero-order valence-electron chi connectivity index (χ0n) is 12.7. The van der Waals surface area contributed by atoms with Crippen molar-refractivity contribution in [2.24, 2.45) is 0 Å². The van der Waals surface area contributed by atoms with Gasteiger partial charge < -0.3 is 10.1 Å². The summed E-state index contributed by atoms with van der Waals surface area (Å²) in [6.07, 6.45) is 2.87. The first kappa shape index (κ1) is 17.5. The predicted octanol–water partition coefficient (Wildman–Crippen LogP) is 3.07. The van der Waals surface area contributed by atoms with E-state index in [2.05, 4.69) is 17.3 Å². The van der Waals surface area contributed by atoms with Gasteiger partial charge in [-0.15, -0.1) is 0 Å². The van der Waals surface area contributed by atoms with Crippen LogP contribution < -0.4 is 5.32 Å². The minimum Gasteiger partial charge on any atom is -0.383 e. The first-order valence-corrected chi connectivity index (χ1v) is 9.99. The van der Waals surface area contributed by atoms with Crippen molar-refractivity contribution >= 4 is 35.1 Å². The van der Waals surface area contributed by atoms with Crippen LogP contribution in [-0.4, -0.2) is 52.6 Å². The van der Waals surface area contributed by atoms with Gasteiger partial charge in [0.1, 0.15) is 0 Å². The van der Waals surface area contributed by atoms with Crippen LogP contribution in [0.15, 0.2) is 6.20 Å². The number of nitrogens with one attached hydrogen (secondary N) is 1. The molecule has 0 saturated carbocycles. The Morgan fingerprint density at radius 2 is 2.43 bits per heavy atom. The normalized spacial score (nSPS) is 20.6.